The SMILES string of the molecule is CNc1nc(C)c(-c2nc(Nc3ccccc3)ncc2Cl)s1. The Labute approximate surface area is 137 Å². The maximum Gasteiger partial charge on any atom is 0.227 e. The highest BCUT2D eigenvalue weighted by Gasteiger charge is 2.15. The number of aromatic nitrogens is 3. The molecule has 0 saturated carbocycles. The number of aryl methyl sites for hydroxylation is 1. The molecule has 0 atom stereocenters. The molecule has 112 valence electrons. The number of thiazole rings is 1. The van der Waals surface area contributed by atoms with Crippen LogP contribution in [-0.2, 0) is 0 Å². The van der Waals surface area contributed by atoms with E-state index in [1.807, 2.05) is 44.3 Å². The zero-order valence-electron chi connectivity index (χ0n) is 12.1. The summed E-state index contributed by atoms with van der Waals surface area (Å²) in [6.45, 7) is 1.94. The molecule has 0 fully saturated rings. The van der Waals surface area contributed by atoms with E-state index in [-0.39, 0.29) is 0 Å². The number of rotatable bonds is 4. The van der Waals surface area contributed by atoms with Crippen LogP contribution in [0.3, 0.4) is 0 Å². The highest BCUT2D eigenvalue weighted by Crippen LogP contribution is 2.35. The number of benzene rings is 1. The van der Waals surface area contributed by atoms with Gasteiger partial charge in [0.25, 0.3) is 0 Å². The Hall–Kier alpha value is -2.18. The molecule has 0 unspecified atom stereocenters. The van der Waals surface area contributed by atoms with Crippen LogP contribution in [0, 0.1) is 6.92 Å². The predicted octanol–water partition coefficient (Wildman–Crippen LogP) is 4.35. The fourth-order valence-electron chi connectivity index (χ4n) is 1.96. The number of halogens is 1. The van der Waals surface area contributed by atoms with Crippen molar-refractivity contribution in [3.8, 4) is 10.6 Å². The van der Waals surface area contributed by atoms with Gasteiger partial charge in [-0.15, -0.1) is 0 Å². The van der Waals surface area contributed by atoms with E-state index in [0.717, 1.165) is 21.4 Å². The average Bonchev–Trinajstić information content (AvgIpc) is 2.91. The van der Waals surface area contributed by atoms with E-state index in [0.29, 0.717) is 16.7 Å². The van der Waals surface area contributed by atoms with Crippen molar-refractivity contribution in [1.29, 1.82) is 0 Å². The van der Waals surface area contributed by atoms with Crippen LogP contribution in [0.1, 0.15) is 5.69 Å². The highest BCUT2D eigenvalue weighted by molar-refractivity contribution is 7.19. The minimum absolute atomic E-state index is 0.504. The van der Waals surface area contributed by atoms with Gasteiger partial charge in [0.05, 0.1) is 21.8 Å². The summed E-state index contributed by atoms with van der Waals surface area (Å²) in [6, 6.07) is 9.76. The smallest absolute Gasteiger partial charge is 0.227 e. The van der Waals surface area contributed by atoms with Crippen LogP contribution in [0.2, 0.25) is 5.02 Å². The Kier molecular flexibility index (Phi) is 4.22. The second-order valence-electron chi connectivity index (χ2n) is 4.56. The van der Waals surface area contributed by atoms with Crippen molar-refractivity contribution >= 4 is 39.7 Å². The lowest BCUT2D eigenvalue weighted by Gasteiger charge is -2.07. The maximum atomic E-state index is 6.26. The van der Waals surface area contributed by atoms with Gasteiger partial charge in [-0.25, -0.2) is 15.0 Å². The average molecular weight is 332 g/mol. The van der Waals surface area contributed by atoms with Crippen molar-refractivity contribution in [3.05, 3.63) is 47.2 Å². The van der Waals surface area contributed by atoms with Gasteiger partial charge < -0.3 is 10.6 Å². The molecule has 7 heteroatoms. The van der Waals surface area contributed by atoms with E-state index in [9.17, 15) is 0 Å². The Morgan fingerprint density at radius 3 is 2.59 bits per heavy atom. The molecule has 0 bridgehead atoms. The molecule has 3 aromatic rings. The van der Waals surface area contributed by atoms with E-state index in [1.165, 1.54) is 11.3 Å². The minimum Gasteiger partial charge on any atom is -0.365 e. The first-order chi connectivity index (χ1) is 10.7. The van der Waals surface area contributed by atoms with Crippen molar-refractivity contribution in [2.24, 2.45) is 0 Å². The van der Waals surface area contributed by atoms with Crippen molar-refractivity contribution in [3.63, 3.8) is 0 Å². The van der Waals surface area contributed by atoms with Gasteiger partial charge in [-0.3, -0.25) is 0 Å². The van der Waals surface area contributed by atoms with Gasteiger partial charge in [0, 0.05) is 12.7 Å². The summed E-state index contributed by atoms with van der Waals surface area (Å²) in [5.41, 5.74) is 2.50. The van der Waals surface area contributed by atoms with Gasteiger partial charge in [-0.1, -0.05) is 41.1 Å². The van der Waals surface area contributed by atoms with Crippen LogP contribution in [0.15, 0.2) is 36.5 Å². The molecule has 3 rings (SSSR count). The van der Waals surface area contributed by atoms with Gasteiger partial charge in [0.2, 0.25) is 5.95 Å². The quantitative estimate of drug-likeness (QED) is 0.744. The minimum atomic E-state index is 0.504. The molecule has 2 heterocycles. The number of hydrogen-bond donors (Lipinski definition) is 2. The van der Waals surface area contributed by atoms with Crippen LogP contribution >= 0.6 is 22.9 Å². The lowest BCUT2D eigenvalue weighted by atomic mass is 10.3. The van der Waals surface area contributed by atoms with Gasteiger partial charge in [0.15, 0.2) is 5.13 Å². The van der Waals surface area contributed by atoms with Gasteiger partial charge in [-0.2, -0.15) is 0 Å². The molecule has 0 aliphatic carbocycles. The molecule has 2 aromatic heterocycles. The van der Waals surface area contributed by atoms with Crippen LogP contribution < -0.4 is 10.6 Å². The molecule has 0 spiro atoms. The third kappa shape index (κ3) is 3.03. The summed E-state index contributed by atoms with van der Waals surface area (Å²) in [6.07, 6.45) is 1.60. The normalized spacial score (nSPS) is 10.5. The molecular weight excluding hydrogens is 318 g/mol. The number of anilines is 3. The summed E-state index contributed by atoms with van der Waals surface area (Å²) >= 11 is 7.78. The zero-order valence-corrected chi connectivity index (χ0v) is 13.7. The molecule has 1 aromatic carbocycles. The molecule has 0 aliphatic heterocycles. The Balaban J connectivity index is 1.97. The van der Waals surface area contributed by atoms with E-state index in [2.05, 4.69) is 25.6 Å². The van der Waals surface area contributed by atoms with Crippen LogP contribution in [0.5, 0.6) is 0 Å². The van der Waals surface area contributed by atoms with E-state index < -0.39 is 0 Å². The summed E-state index contributed by atoms with van der Waals surface area (Å²) in [5.74, 6) is 0.504. The van der Waals surface area contributed by atoms with E-state index in [4.69, 9.17) is 11.6 Å². The van der Waals surface area contributed by atoms with Gasteiger partial charge >= 0.3 is 0 Å². The summed E-state index contributed by atoms with van der Waals surface area (Å²) in [7, 11) is 1.84. The summed E-state index contributed by atoms with van der Waals surface area (Å²) in [5, 5.41) is 7.55. The molecule has 5 nitrogen and oxygen atoms in total. The summed E-state index contributed by atoms with van der Waals surface area (Å²) < 4.78 is 0. The Bertz CT molecular complexity index is 788. The summed E-state index contributed by atoms with van der Waals surface area (Å²) in [4.78, 5) is 14.1. The lowest BCUT2D eigenvalue weighted by molar-refractivity contribution is 1.16. The molecular formula is C15H14ClN5S. The zero-order chi connectivity index (χ0) is 15.5. The number of hydrogen-bond acceptors (Lipinski definition) is 6. The van der Waals surface area contributed by atoms with Crippen molar-refractivity contribution in [2.75, 3.05) is 17.7 Å². The molecule has 2 N–H and O–H groups in total. The fraction of sp³-hybridized carbons (Fsp3) is 0.133. The maximum absolute atomic E-state index is 6.26. The highest BCUT2D eigenvalue weighted by atomic mass is 35.5. The molecule has 0 saturated heterocycles. The van der Waals surface area contributed by atoms with E-state index >= 15 is 0 Å². The predicted molar refractivity (Wildman–Crippen MR) is 92.2 cm³/mol. The first-order valence-corrected chi connectivity index (χ1v) is 7.87. The number of nitrogens with one attached hydrogen (secondary N) is 2. The van der Waals surface area contributed by atoms with Crippen LogP contribution in [-0.4, -0.2) is 22.0 Å². The van der Waals surface area contributed by atoms with Crippen LogP contribution in [0.4, 0.5) is 16.8 Å². The topological polar surface area (TPSA) is 62.7 Å². The Morgan fingerprint density at radius 1 is 1.14 bits per heavy atom. The second kappa shape index (κ2) is 6.29. The molecule has 0 aliphatic rings. The lowest BCUT2D eigenvalue weighted by Crippen LogP contribution is -1.98. The third-order valence-electron chi connectivity index (χ3n) is 3.00. The molecule has 22 heavy (non-hydrogen) atoms. The van der Waals surface area contributed by atoms with Crippen molar-refractivity contribution in [1.82, 2.24) is 15.0 Å². The monoisotopic (exact) mass is 331 g/mol. The standard InChI is InChI=1S/C15H14ClN5S/c1-9-13(22-15(17-2)19-9)12-11(16)8-18-14(21-12)20-10-6-4-3-5-7-10/h3-8H,1-2H3,(H,17,19)(H,18,20,21). The van der Waals surface area contributed by atoms with E-state index in [1.54, 1.807) is 6.20 Å². The van der Waals surface area contributed by atoms with Crippen molar-refractivity contribution < 1.29 is 0 Å². The largest absolute Gasteiger partial charge is 0.365 e. The first-order valence-electron chi connectivity index (χ1n) is 6.67. The van der Waals surface area contributed by atoms with Crippen molar-refractivity contribution in [2.45, 2.75) is 6.92 Å². The molecule has 0 amide bonds. The fourth-order valence-corrected chi connectivity index (χ4v) is 3.13. The third-order valence-corrected chi connectivity index (χ3v) is 4.46. The van der Waals surface area contributed by atoms with Gasteiger partial charge in [0.1, 0.15) is 5.69 Å². The second-order valence-corrected chi connectivity index (χ2v) is 5.97. The first kappa shape index (κ1) is 14.7. The van der Waals surface area contributed by atoms with Crippen LogP contribution in [0.25, 0.3) is 10.6 Å². The molecule has 0 radical (unpaired) electrons. The number of para-hydroxylation sites is 1. The Morgan fingerprint density at radius 2 is 1.91 bits per heavy atom. The van der Waals surface area contributed by atoms with Gasteiger partial charge in [-0.05, 0) is 19.1 Å². The number of nitrogens with zero attached hydrogens (tertiary/aromatic N) is 3.